The number of ether oxygens (including phenoxy) is 1. The minimum Gasteiger partial charge on any atom is -0.481 e. The Bertz CT molecular complexity index is 201. The monoisotopic (exact) mass is 282 g/mol. The van der Waals surface area contributed by atoms with Crippen LogP contribution in [0.5, 0.6) is 0 Å². The van der Waals surface area contributed by atoms with E-state index in [0.29, 0.717) is 24.7 Å². The summed E-state index contributed by atoms with van der Waals surface area (Å²) in [5.74, 6) is 1.29. The fourth-order valence-corrected chi connectivity index (χ4v) is 2.38. The van der Waals surface area contributed by atoms with Crippen LogP contribution in [-0.2, 0) is 14.3 Å². The van der Waals surface area contributed by atoms with E-state index < -0.39 is 11.9 Å². The third-order valence-electron chi connectivity index (χ3n) is 1.66. The van der Waals surface area contributed by atoms with Crippen molar-refractivity contribution in [3.63, 3.8) is 0 Å². The molecule has 0 aromatic carbocycles. The van der Waals surface area contributed by atoms with Crippen molar-refractivity contribution in [3.8, 4) is 0 Å². The van der Waals surface area contributed by atoms with Gasteiger partial charge in [-0.05, 0) is 0 Å². The van der Waals surface area contributed by atoms with Gasteiger partial charge in [-0.1, -0.05) is 0 Å². The van der Waals surface area contributed by atoms with Gasteiger partial charge in [-0.3, -0.25) is 9.59 Å². The summed E-state index contributed by atoms with van der Waals surface area (Å²) in [7, 11) is 0. The van der Waals surface area contributed by atoms with Crippen LogP contribution >= 0.6 is 23.5 Å². The van der Waals surface area contributed by atoms with E-state index in [1.54, 1.807) is 23.5 Å². The largest absolute Gasteiger partial charge is 0.481 e. The van der Waals surface area contributed by atoms with Crippen LogP contribution in [0.4, 0.5) is 0 Å². The predicted octanol–water partition coefficient (Wildman–Crippen LogP) is 1.42. The van der Waals surface area contributed by atoms with Crippen molar-refractivity contribution >= 4 is 35.5 Å². The molecule has 0 aromatic rings. The van der Waals surface area contributed by atoms with Crippen molar-refractivity contribution in [2.45, 2.75) is 12.8 Å². The number of aliphatic carboxylic acids is 2. The second-order valence-corrected chi connectivity index (χ2v) is 5.57. The van der Waals surface area contributed by atoms with Crippen LogP contribution in [0.1, 0.15) is 12.8 Å². The van der Waals surface area contributed by atoms with Gasteiger partial charge in [0.25, 0.3) is 0 Å². The Morgan fingerprint density at radius 1 is 0.824 bits per heavy atom. The number of carbonyl (C=O) groups is 2. The molecule has 0 aliphatic carbocycles. The molecule has 0 atom stereocenters. The molecule has 0 spiro atoms. The van der Waals surface area contributed by atoms with Gasteiger partial charge in [0, 0.05) is 23.0 Å². The van der Waals surface area contributed by atoms with Gasteiger partial charge in [0.15, 0.2) is 0 Å². The molecule has 0 unspecified atom stereocenters. The normalized spacial score (nSPS) is 10.4. The van der Waals surface area contributed by atoms with Crippen molar-refractivity contribution < 1.29 is 24.5 Å². The maximum absolute atomic E-state index is 10.2. The lowest BCUT2D eigenvalue weighted by atomic mass is 10.5. The van der Waals surface area contributed by atoms with Crippen molar-refractivity contribution in [3.05, 3.63) is 0 Å². The molecule has 2 N–H and O–H groups in total. The molecule has 7 heteroatoms. The average molecular weight is 282 g/mol. The van der Waals surface area contributed by atoms with Crippen LogP contribution in [0.2, 0.25) is 0 Å². The van der Waals surface area contributed by atoms with Gasteiger partial charge in [0.1, 0.15) is 0 Å². The van der Waals surface area contributed by atoms with Crippen molar-refractivity contribution in [1.29, 1.82) is 0 Å². The summed E-state index contributed by atoms with van der Waals surface area (Å²) in [6, 6.07) is 0. The van der Waals surface area contributed by atoms with Crippen molar-refractivity contribution in [2.24, 2.45) is 0 Å². The first kappa shape index (κ1) is 16.6. The SMILES string of the molecule is O=C(O)CCSCCOCCSCCC(=O)O. The third kappa shape index (κ3) is 15.6. The van der Waals surface area contributed by atoms with Gasteiger partial charge < -0.3 is 14.9 Å². The third-order valence-corrected chi connectivity index (χ3v) is 3.56. The minimum atomic E-state index is -0.770. The van der Waals surface area contributed by atoms with Crippen LogP contribution in [0.25, 0.3) is 0 Å². The topological polar surface area (TPSA) is 83.8 Å². The molecular formula is C10H18O5S2. The Labute approximate surface area is 109 Å². The summed E-state index contributed by atoms with van der Waals surface area (Å²) in [5, 5.41) is 16.8. The van der Waals surface area contributed by atoms with E-state index >= 15 is 0 Å². The Morgan fingerprint density at radius 3 is 1.59 bits per heavy atom. The van der Waals surface area contributed by atoms with E-state index in [0.717, 1.165) is 11.5 Å². The molecule has 0 bridgehead atoms. The molecule has 0 radical (unpaired) electrons. The predicted molar refractivity (Wildman–Crippen MR) is 70.0 cm³/mol. The highest BCUT2D eigenvalue weighted by Gasteiger charge is 1.98. The van der Waals surface area contributed by atoms with Gasteiger partial charge in [0.05, 0.1) is 26.1 Å². The number of hydrogen-bond donors (Lipinski definition) is 2. The zero-order chi connectivity index (χ0) is 12.9. The average Bonchev–Trinajstić information content (AvgIpc) is 2.25. The first-order chi connectivity index (χ1) is 8.13. The van der Waals surface area contributed by atoms with E-state index in [2.05, 4.69) is 0 Å². The van der Waals surface area contributed by atoms with E-state index in [9.17, 15) is 9.59 Å². The summed E-state index contributed by atoms with van der Waals surface area (Å²) < 4.78 is 5.31. The van der Waals surface area contributed by atoms with Gasteiger partial charge >= 0.3 is 11.9 Å². The first-order valence-electron chi connectivity index (χ1n) is 5.29. The van der Waals surface area contributed by atoms with Gasteiger partial charge in [-0.15, -0.1) is 0 Å². The van der Waals surface area contributed by atoms with Crippen LogP contribution in [0.3, 0.4) is 0 Å². The molecule has 5 nitrogen and oxygen atoms in total. The summed E-state index contributed by atoms with van der Waals surface area (Å²) in [5.41, 5.74) is 0. The Kier molecular flexibility index (Phi) is 11.8. The van der Waals surface area contributed by atoms with E-state index in [1.807, 2.05) is 0 Å². The molecule has 0 heterocycles. The van der Waals surface area contributed by atoms with Crippen LogP contribution < -0.4 is 0 Å². The van der Waals surface area contributed by atoms with Gasteiger partial charge in [0.2, 0.25) is 0 Å². The van der Waals surface area contributed by atoms with E-state index in [1.165, 1.54) is 0 Å². The Hall–Kier alpha value is -0.400. The molecule has 0 fully saturated rings. The lowest BCUT2D eigenvalue weighted by Crippen LogP contribution is -2.04. The zero-order valence-electron chi connectivity index (χ0n) is 9.59. The smallest absolute Gasteiger partial charge is 0.304 e. The molecule has 0 rings (SSSR count). The lowest BCUT2D eigenvalue weighted by Gasteiger charge is -2.03. The van der Waals surface area contributed by atoms with Gasteiger partial charge in [-0.2, -0.15) is 23.5 Å². The fourth-order valence-electron chi connectivity index (χ4n) is 0.861. The van der Waals surface area contributed by atoms with E-state index in [-0.39, 0.29) is 12.8 Å². The Balaban J connectivity index is 2.98. The molecule has 100 valence electrons. The number of hydrogen-bond acceptors (Lipinski definition) is 5. The Morgan fingerprint density at radius 2 is 1.24 bits per heavy atom. The molecular weight excluding hydrogens is 264 g/mol. The summed E-state index contributed by atoms with van der Waals surface area (Å²) in [6.07, 6.45) is 0.380. The quantitative estimate of drug-likeness (QED) is 0.524. The summed E-state index contributed by atoms with van der Waals surface area (Å²) in [6.45, 7) is 1.23. The molecule has 17 heavy (non-hydrogen) atoms. The summed E-state index contributed by atoms with van der Waals surface area (Å²) >= 11 is 3.13. The zero-order valence-corrected chi connectivity index (χ0v) is 11.2. The maximum Gasteiger partial charge on any atom is 0.304 e. The molecule has 0 saturated carbocycles. The highest BCUT2D eigenvalue weighted by molar-refractivity contribution is 7.99. The number of carboxylic acid groups (broad SMARTS) is 2. The molecule has 0 saturated heterocycles. The van der Waals surface area contributed by atoms with Crippen LogP contribution in [0, 0.1) is 0 Å². The molecule has 0 aromatic heterocycles. The molecule has 0 aliphatic rings. The number of rotatable bonds is 12. The fraction of sp³-hybridized carbons (Fsp3) is 0.800. The first-order valence-corrected chi connectivity index (χ1v) is 7.60. The number of carboxylic acids is 2. The standard InChI is InChI=1S/C10H18O5S2/c11-9(12)1-5-16-7-3-15-4-8-17-6-2-10(13)14/h1-8H2,(H,11,12)(H,13,14). The van der Waals surface area contributed by atoms with Crippen LogP contribution in [0.15, 0.2) is 0 Å². The van der Waals surface area contributed by atoms with Crippen molar-refractivity contribution in [2.75, 3.05) is 36.2 Å². The summed E-state index contributed by atoms with van der Waals surface area (Å²) in [4.78, 5) is 20.4. The molecule has 0 amide bonds. The van der Waals surface area contributed by atoms with Crippen LogP contribution in [-0.4, -0.2) is 58.4 Å². The second kappa shape index (κ2) is 12.1. The highest BCUT2D eigenvalue weighted by Crippen LogP contribution is 2.04. The minimum absolute atomic E-state index is 0.190. The van der Waals surface area contributed by atoms with Gasteiger partial charge in [-0.25, -0.2) is 0 Å². The second-order valence-electron chi connectivity index (χ2n) is 3.12. The molecule has 0 aliphatic heterocycles. The van der Waals surface area contributed by atoms with E-state index in [4.69, 9.17) is 14.9 Å². The maximum atomic E-state index is 10.2. The number of thioether (sulfide) groups is 2. The van der Waals surface area contributed by atoms with Crippen molar-refractivity contribution in [1.82, 2.24) is 0 Å². The lowest BCUT2D eigenvalue weighted by molar-refractivity contribution is -0.137. The highest BCUT2D eigenvalue weighted by atomic mass is 32.2.